The molecule has 2 aliphatic heterocycles. The number of nitrogens with zero attached hydrogens (tertiary/aromatic N) is 2. The second-order valence-electron chi connectivity index (χ2n) is 16.2. The first-order valence-electron chi connectivity index (χ1n) is 21.6. The fraction of sp³-hybridized carbons (Fsp3) is 0.500. The van der Waals surface area contributed by atoms with Gasteiger partial charge in [0.05, 0.1) is 24.1 Å². The van der Waals surface area contributed by atoms with E-state index in [1.807, 2.05) is 49.4 Å². The van der Waals surface area contributed by atoms with Crippen LogP contribution in [0, 0.1) is 31.6 Å². The van der Waals surface area contributed by atoms with Gasteiger partial charge in [-0.15, -0.1) is 18.2 Å². The van der Waals surface area contributed by atoms with Gasteiger partial charge < -0.3 is 43.5 Å². The molecule has 13 heteroatoms. The summed E-state index contributed by atoms with van der Waals surface area (Å²) >= 11 is 6.10. The van der Waals surface area contributed by atoms with Crippen LogP contribution in [0.2, 0.25) is 0 Å². The van der Waals surface area contributed by atoms with Crippen molar-refractivity contribution in [1.29, 1.82) is 0 Å². The normalized spacial score (nSPS) is 23.9. The molecule has 328 valence electrons. The van der Waals surface area contributed by atoms with Crippen LogP contribution < -0.4 is 18.9 Å². The monoisotopic (exact) mass is 858 g/mol. The number of aliphatic hydroxyl groups excluding tert-OH is 2. The Hall–Kier alpha value is -4.75. The zero-order valence-corrected chi connectivity index (χ0v) is 36.2. The standard InChI is InChI=1S/C48H59ClN2O10/c1-5-22-58-48-44(51(47(54)55-23-19-49)29-33-14-17-42-43(25-33)57-30-56-42)28-40(50-59-6-2)38-26-34(11-7-9-20-52)37(12-8-10-21-53)45(46(38)48)39-27-36(16-18-41(39)61-48)60-35-15-13-31(3)32(4)24-35/h5,13-18,24-27,34,37,44-46,52-53H,1,6-12,19-23,28-30H2,2-4H3/t34-,37+,44-,45+,46+,48+/m0/s1. The first-order valence-corrected chi connectivity index (χ1v) is 22.1. The van der Waals surface area contributed by atoms with Gasteiger partial charge in [-0.3, -0.25) is 4.90 Å². The van der Waals surface area contributed by atoms with Gasteiger partial charge in [-0.25, -0.2) is 4.79 Å². The van der Waals surface area contributed by atoms with E-state index in [4.69, 9.17) is 50.0 Å². The van der Waals surface area contributed by atoms with Gasteiger partial charge >= 0.3 is 6.09 Å². The summed E-state index contributed by atoms with van der Waals surface area (Å²) in [6.07, 6.45) is 8.23. The highest BCUT2D eigenvalue weighted by molar-refractivity contribution is 6.18. The molecule has 61 heavy (non-hydrogen) atoms. The molecule has 2 N–H and O–H groups in total. The molecule has 0 unspecified atom stereocenters. The third-order valence-corrected chi connectivity index (χ3v) is 12.5. The molecule has 0 bridgehead atoms. The van der Waals surface area contributed by atoms with Gasteiger partial charge in [-0.2, -0.15) is 0 Å². The average Bonchev–Trinajstić information content (AvgIpc) is 3.74. The number of fused-ring (bicyclic) bond motifs is 3. The maximum Gasteiger partial charge on any atom is 0.410 e. The van der Waals surface area contributed by atoms with Gasteiger partial charge in [-0.1, -0.05) is 42.3 Å². The Balaban J connectivity index is 1.44. The second-order valence-corrected chi connectivity index (χ2v) is 16.5. The fourth-order valence-electron chi connectivity index (χ4n) is 9.51. The average molecular weight is 859 g/mol. The Morgan fingerprint density at radius 3 is 2.48 bits per heavy atom. The minimum absolute atomic E-state index is 0.00220. The van der Waals surface area contributed by atoms with E-state index >= 15 is 0 Å². The first kappa shape index (κ1) is 44.3. The molecule has 0 saturated heterocycles. The Bertz CT molecular complexity index is 2070. The number of ether oxygens (including phenoxy) is 6. The van der Waals surface area contributed by atoms with Crippen molar-refractivity contribution in [3.8, 4) is 28.7 Å². The number of hydrogen-bond donors (Lipinski definition) is 2. The zero-order valence-electron chi connectivity index (χ0n) is 35.5. The summed E-state index contributed by atoms with van der Waals surface area (Å²) in [5, 5.41) is 24.7. The SMILES string of the molecule is C=CCO[C@@]12Oc3ccc(Oc4ccc(C)c(C)c4)cc3[C@H]3[C@H](CCCCO)[C@@H](CCCCO)C=C(C(=NOCC)C[C@@H]1N(Cc1ccc4c(c1)OCO4)C(=O)OCCCl)[C@H]32. The molecule has 0 radical (unpaired) electrons. The zero-order chi connectivity index (χ0) is 42.9. The van der Waals surface area contributed by atoms with Crippen molar-refractivity contribution in [2.45, 2.75) is 90.0 Å². The maximum atomic E-state index is 14.6. The lowest BCUT2D eigenvalue weighted by molar-refractivity contribution is -0.256. The molecule has 12 nitrogen and oxygen atoms in total. The lowest BCUT2D eigenvalue weighted by atomic mass is 9.55. The van der Waals surface area contributed by atoms with Gasteiger partial charge in [0.1, 0.15) is 36.5 Å². The number of oxime groups is 1. The number of rotatable bonds is 20. The highest BCUT2D eigenvalue weighted by atomic mass is 35.5. The first-order chi connectivity index (χ1) is 29.7. The lowest BCUT2D eigenvalue weighted by Gasteiger charge is -2.59. The van der Waals surface area contributed by atoms with Crippen molar-refractivity contribution in [3.63, 3.8) is 0 Å². The number of carbonyl (C=O) groups excluding carboxylic acids is 1. The van der Waals surface area contributed by atoms with E-state index < -0.39 is 23.8 Å². The quantitative estimate of drug-likeness (QED) is 0.0490. The van der Waals surface area contributed by atoms with Crippen molar-refractivity contribution in [1.82, 2.24) is 4.90 Å². The van der Waals surface area contributed by atoms with Crippen LogP contribution in [0.4, 0.5) is 4.79 Å². The van der Waals surface area contributed by atoms with E-state index in [-0.39, 0.29) is 69.8 Å². The molecule has 1 saturated carbocycles. The Kier molecular flexibility index (Phi) is 14.8. The Morgan fingerprint density at radius 2 is 1.72 bits per heavy atom. The van der Waals surface area contributed by atoms with E-state index in [1.54, 1.807) is 11.0 Å². The molecular formula is C48H59ClN2O10. The summed E-state index contributed by atoms with van der Waals surface area (Å²) < 4.78 is 38.2. The van der Waals surface area contributed by atoms with Crippen LogP contribution in [0.5, 0.6) is 28.7 Å². The number of benzene rings is 3. The van der Waals surface area contributed by atoms with Crippen molar-refractivity contribution in [2.75, 3.05) is 45.7 Å². The van der Waals surface area contributed by atoms with Crippen molar-refractivity contribution >= 4 is 23.4 Å². The fourth-order valence-corrected chi connectivity index (χ4v) is 9.59. The van der Waals surface area contributed by atoms with E-state index in [0.29, 0.717) is 48.2 Å². The molecule has 6 atom stereocenters. The van der Waals surface area contributed by atoms with Gasteiger partial charge in [-0.05, 0) is 123 Å². The topological polar surface area (TPSA) is 138 Å². The van der Waals surface area contributed by atoms with Crippen LogP contribution in [0.15, 0.2) is 84.1 Å². The maximum absolute atomic E-state index is 14.6. The molecule has 1 fully saturated rings. The van der Waals surface area contributed by atoms with Crippen LogP contribution in [0.1, 0.15) is 80.0 Å². The van der Waals surface area contributed by atoms with Crippen molar-refractivity contribution in [3.05, 3.63) is 101 Å². The summed E-state index contributed by atoms with van der Waals surface area (Å²) in [5.41, 5.74) is 5.68. The molecule has 4 aliphatic rings. The lowest BCUT2D eigenvalue weighted by Crippen LogP contribution is -2.70. The van der Waals surface area contributed by atoms with Crippen molar-refractivity contribution in [2.24, 2.45) is 22.9 Å². The van der Waals surface area contributed by atoms with E-state index in [2.05, 4.69) is 38.6 Å². The minimum Gasteiger partial charge on any atom is -0.459 e. The molecule has 0 aromatic heterocycles. The molecule has 2 heterocycles. The van der Waals surface area contributed by atoms with E-state index in [9.17, 15) is 15.0 Å². The molecule has 3 aromatic carbocycles. The number of unbranched alkanes of at least 4 members (excludes halogenated alkanes) is 2. The minimum atomic E-state index is -1.47. The molecule has 0 spiro atoms. The molecule has 1 amide bonds. The largest absolute Gasteiger partial charge is 0.459 e. The van der Waals surface area contributed by atoms with Gasteiger partial charge in [0.2, 0.25) is 12.6 Å². The third-order valence-electron chi connectivity index (χ3n) is 12.4. The third kappa shape index (κ3) is 9.52. The summed E-state index contributed by atoms with van der Waals surface area (Å²) in [7, 11) is 0. The second kappa shape index (κ2) is 20.4. The number of amides is 1. The summed E-state index contributed by atoms with van der Waals surface area (Å²) in [6.45, 7) is 11.0. The smallest absolute Gasteiger partial charge is 0.410 e. The Morgan fingerprint density at radius 1 is 0.967 bits per heavy atom. The highest BCUT2D eigenvalue weighted by Gasteiger charge is 2.65. The number of halogens is 1. The molecule has 2 aliphatic carbocycles. The summed E-state index contributed by atoms with van der Waals surface area (Å²) in [6, 6.07) is 16.8. The van der Waals surface area contributed by atoms with E-state index in [0.717, 1.165) is 53.7 Å². The molecular weight excluding hydrogens is 800 g/mol. The van der Waals surface area contributed by atoms with E-state index in [1.165, 1.54) is 5.56 Å². The number of hydrogen-bond acceptors (Lipinski definition) is 11. The summed E-state index contributed by atoms with van der Waals surface area (Å²) in [5.74, 6) is 1.27. The summed E-state index contributed by atoms with van der Waals surface area (Å²) in [4.78, 5) is 22.1. The van der Waals surface area contributed by atoms with Crippen LogP contribution in [-0.2, 0) is 20.9 Å². The number of alkyl halides is 1. The highest BCUT2D eigenvalue weighted by Crippen LogP contribution is 2.62. The number of carbonyl (C=O) groups is 1. The van der Waals surface area contributed by atoms with Gasteiger partial charge in [0, 0.05) is 37.7 Å². The van der Waals surface area contributed by atoms with Crippen LogP contribution >= 0.6 is 11.6 Å². The number of aliphatic hydroxyl groups is 2. The van der Waals surface area contributed by atoms with Crippen LogP contribution in [0.25, 0.3) is 0 Å². The Labute approximate surface area is 364 Å². The van der Waals surface area contributed by atoms with Crippen LogP contribution in [-0.4, -0.2) is 84.5 Å². The van der Waals surface area contributed by atoms with Gasteiger partial charge in [0.25, 0.3) is 0 Å². The molecule has 3 aromatic rings. The molecule has 7 rings (SSSR count). The predicted molar refractivity (Wildman–Crippen MR) is 233 cm³/mol. The number of allylic oxidation sites excluding steroid dienone is 1. The van der Waals surface area contributed by atoms with Crippen LogP contribution in [0.3, 0.4) is 0 Å². The predicted octanol–water partition coefficient (Wildman–Crippen LogP) is 9.36. The van der Waals surface area contributed by atoms with Gasteiger partial charge in [0.15, 0.2) is 11.5 Å². The number of aryl methyl sites for hydroxylation is 2. The van der Waals surface area contributed by atoms with Crippen molar-refractivity contribution < 1.29 is 48.3 Å².